The number of alkyl halides is 3. The zero-order chi connectivity index (χ0) is 28.7. The summed E-state index contributed by atoms with van der Waals surface area (Å²) in [6.45, 7) is 4.22. The van der Waals surface area contributed by atoms with Crippen LogP contribution in [-0.2, 0) is 15.8 Å². The maximum atomic E-state index is 14.3. The second kappa shape index (κ2) is 10.6. The lowest BCUT2D eigenvalue weighted by molar-refractivity contribution is -0.143. The van der Waals surface area contributed by atoms with Crippen molar-refractivity contribution < 1.29 is 36.3 Å². The van der Waals surface area contributed by atoms with Crippen LogP contribution in [0.3, 0.4) is 0 Å². The van der Waals surface area contributed by atoms with E-state index in [1.54, 1.807) is 37.9 Å². The standard InChI is InChI=1S/C28H30F5N3O3/c1-16(2)23(34-24(37)20-14-18(28(31,32)33)6-9-22(20)30)25(38)36-12-10-27(11-13-36)21(15-35(3)26(27)39)17-4-7-19(29)8-5-17/h4-9,14,16,21,23H,10-13,15H2,1-3H3,(H,34,37). The normalized spacial score (nSPS) is 20.0. The minimum absolute atomic E-state index is 0.0438. The molecule has 3 amide bonds. The Morgan fingerprint density at radius 2 is 1.64 bits per heavy atom. The molecule has 2 atom stereocenters. The number of hydrogen-bond acceptors (Lipinski definition) is 3. The van der Waals surface area contributed by atoms with Gasteiger partial charge in [-0.3, -0.25) is 14.4 Å². The Morgan fingerprint density at radius 1 is 1.03 bits per heavy atom. The zero-order valence-corrected chi connectivity index (χ0v) is 21.8. The summed E-state index contributed by atoms with van der Waals surface area (Å²) >= 11 is 0. The van der Waals surface area contributed by atoms with Crippen LogP contribution in [0.5, 0.6) is 0 Å². The van der Waals surface area contributed by atoms with E-state index >= 15 is 0 Å². The van der Waals surface area contributed by atoms with Gasteiger partial charge in [0.15, 0.2) is 0 Å². The second-order valence-corrected chi connectivity index (χ2v) is 10.7. The predicted molar refractivity (Wildman–Crippen MR) is 133 cm³/mol. The molecular weight excluding hydrogens is 521 g/mol. The average Bonchev–Trinajstić information content (AvgIpc) is 3.12. The molecule has 210 valence electrons. The van der Waals surface area contributed by atoms with E-state index < -0.39 is 52.3 Å². The third-order valence-corrected chi connectivity index (χ3v) is 7.89. The molecular formula is C28H30F5N3O3. The fourth-order valence-electron chi connectivity index (χ4n) is 5.67. The van der Waals surface area contributed by atoms with Gasteiger partial charge in [0, 0.05) is 32.6 Å². The van der Waals surface area contributed by atoms with Crippen molar-refractivity contribution in [3.8, 4) is 0 Å². The highest BCUT2D eigenvalue weighted by atomic mass is 19.4. The molecule has 2 aliphatic heterocycles. The van der Waals surface area contributed by atoms with Crippen molar-refractivity contribution in [3.05, 3.63) is 70.8 Å². The molecule has 2 fully saturated rings. The van der Waals surface area contributed by atoms with Crippen LogP contribution in [0, 0.1) is 23.0 Å². The van der Waals surface area contributed by atoms with Crippen LogP contribution in [0.4, 0.5) is 22.0 Å². The van der Waals surface area contributed by atoms with Crippen molar-refractivity contribution in [1.82, 2.24) is 15.1 Å². The van der Waals surface area contributed by atoms with E-state index in [2.05, 4.69) is 5.32 Å². The molecule has 0 bridgehead atoms. The maximum Gasteiger partial charge on any atom is 0.416 e. The number of likely N-dealkylation sites (N-methyl/N-ethyl adjacent to an activating group) is 1. The minimum atomic E-state index is -4.77. The molecule has 0 aromatic heterocycles. The van der Waals surface area contributed by atoms with Crippen LogP contribution in [0.2, 0.25) is 0 Å². The lowest BCUT2D eigenvalue weighted by Crippen LogP contribution is -2.55. The molecule has 39 heavy (non-hydrogen) atoms. The molecule has 1 N–H and O–H groups in total. The summed E-state index contributed by atoms with van der Waals surface area (Å²) in [4.78, 5) is 42.7. The summed E-state index contributed by atoms with van der Waals surface area (Å²) < 4.78 is 67.1. The molecule has 2 aromatic carbocycles. The first-order chi connectivity index (χ1) is 18.2. The molecule has 11 heteroatoms. The number of likely N-dealkylation sites (tertiary alicyclic amines) is 2. The lowest BCUT2D eigenvalue weighted by Gasteiger charge is -2.42. The van der Waals surface area contributed by atoms with Crippen molar-refractivity contribution >= 4 is 17.7 Å². The van der Waals surface area contributed by atoms with Crippen LogP contribution >= 0.6 is 0 Å². The third kappa shape index (κ3) is 5.49. The van der Waals surface area contributed by atoms with Crippen LogP contribution < -0.4 is 5.32 Å². The second-order valence-electron chi connectivity index (χ2n) is 10.7. The van der Waals surface area contributed by atoms with Crippen molar-refractivity contribution in [2.45, 2.75) is 44.8 Å². The van der Waals surface area contributed by atoms with Gasteiger partial charge in [-0.15, -0.1) is 0 Å². The molecule has 0 aliphatic carbocycles. The minimum Gasteiger partial charge on any atom is -0.345 e. The Balaban J connectivity index is 1.50. The predicted octanol–water partition coefficient (Wildman–Crippen LogP) is 4.60. The molecule has 1 spiro atoms. The first-order valence-corrected chi connectivity index (χ1v) is 12.7. The summed E-state index contributed by atoms with van der Waals surface area (Å²) in [5.74, 6) is -3.77. The Kier molecular flexibility index (Phi) is 7.73. The van der Waals surface area contributed by atoms with Crippen molar-refractivity contribution in [2.24, 2.45) is 11.3 Å². The van der Waals surface area contributed by atoms with Gasteiger partial charge in [-0.2, -0.15) is 13.2 Å². The third-order valence-electron chi connectivity index (χ3n) is 7.89. The topological polar surface area (TPSA) is 69.7 Å². The van der Waals surface area contributed by atoms with Gasteiger partial charge in [-0.25, -0.2) is 8.78 Å². The van der Waals surface area contributed by atoms with Crippen molar-refractivity contribution in [2.75, 3.05) is 26.7 Å². The van der Waals surface area contributed by atoms with Gasteiger partial charge in [-0.05, 0) is 54.7 Å². The number of nitrogens with one attached hydrogen (secondary N) is 1. The van der Waals surface area contributed by atoms with Gasteiger partial charge in [0.1, 0.15) is 17.7 Å². The largest absolute Gasteiger partial charge is 0.416 e. The highest BCUT2D eigenvalue weighted by Crippen LogP contribution is 2.50. The van der Waals surface area contributed by atoms with E-state index in [0.29, 0.717) is 37.6 Å². The summed E-state index contributed by atoms with van der Waals surface area (Å²) in [7, 11) is 1.71. The van der Waals surface area contributed by atoms with E-state index in [0.717, 1.165) is 5.56 Å². The number of rotatable bonds is 5. The number of halogens is 5. The molecule has 4 rings (SSSR count). The number of amides is 3. The number of benzene rings is 2. The molecule has 2 aliphatic rings. The quantitative estimate of drug-likeness (QED) is 0.553. The number of hydrogen-bond donors (Lipinski definition) is 1. The van der Waals surface area contributed by atoms with Gasteiger partial charge < -0.3 is 15.1 Å². The van der Waals surface area contributed by atoms with Gasteiger partial charge in [0.2, 0.25) is 11.8 Å². The van der Waals surface area contributed by atoms with E-state index in [1.807, 2.05) is 0 Å². The Labute approximate surface area is 223 Å². The van der Waals surface area contributed by atoms with E-state index in [1.165, 1.54) is 17.0 Å². The monoisotopic (exact) mass is 551 g/mol. The van der Waals surface area contributed by atoms with E-state index in [-0.39, 0.29) is 30.7 Å². The number of carbonyl (C=O) groups excluding carboxylic acids is 3. The summed E-state index contributed by atoms with van der Waals surface area (Å²) in [5, 5.41) is 2.42. The van der Waals surface area contributed by atoms with Crippen LogP contribution in [0.1, 0.15) is 54.1 Å². The number of piperidine rings is 1. The molecule has 2 saturated heterocycles. The molecule has 0 saturated carbocycles. The molecule has 2 heterocycles. The van der Waals surface area contributed by atoms with Crippen molar-refractivity contribution in [3.63, 3.8) is 0 Å². The summed E-state index contributed by atoms with van der Waals surface area (Å²) in [6.07, 6.45) is -4.06. The summed E-state index contributed by atoms with van der Waals surface area (Å²) in [5.41, 5.74) is -1.90. The Morgan fingerprint density at radius 3 is 2.21 bits per heavy atom. The van der Waals surface area contributed by atoms with E-state index in [9.17, 15) is 36.3 Å². The smallest absolute Gasteiger partial charge is 0.345 e. The molecule has 2 unspecified atom stereocenters. The van der Waals surface area contributed by atoms with Gasteiger partial charge in [0.25, 0.3) is 5.91 Å². The van der Waals surface area contributed by atoms with Crippen molar-refractivity contribution in [1.29, 1.82) is 0 Å². The number of nitrogens with zero attached hydrogens (tertiary/aromatic N) is 2. The van der Waals surface area contributed by atoms with Crippen LogP contribution in [-0.4, -0.2) is 60.2 Å². The Hall–Kier alpha value is -3.50. The van der Waals surface area contributed by atoms with E-state index in [4.69, 9.17) is 0 Å². The fourth-order valence-corrected chi connectivity index (χ4v) is 5.67. The maximum absolute atomic E-state index is 14.3. The first kappa shape index (κ1) is 28.5. The van der Waals surface area contributed by atoms with Gasteiger partial charge in [0.05, 0.1) is 16.5 Å². The lowest BCUT2D eigenvalue weighted by atomic mass is 9.68. The highest BCUT2D eigenvalue weighted by molar-refractivity contribution is 5.98. The Bertz CT molecular complexity index is 1250. The number of carbonyl (C=O) groups is 3. The van der Waals surface area contributed by atoms with Crippen LogP contribution in [0.15, 0.2) is 42.5 Å². The molecule has 0 radical (unpaired) electrons. The van der Waals surface area contributed by atoms with Crippen LogP contribution in [0.25, 0.3) is 0 Å². The van der Waals surface area contributed by atoms with Gasteiger partial charge in [-0.1, -0.05) is 26.0 Å². The summed E-state index contributed by atoms with van der Waals surface area (Å²) in [6, 6.07) is 6.47. The fraction of sp³-hybridized carbons (Fsp3) is 0.464. The highest BCUT2D eigenvalue weighted by Gasteiger charge is 2.55. The first-order valence-electron chi connectivity index (χ1n) is 12.7. The molecule has 2 aromatic rings. The SMILES string of the molecule is CC(C)C(NC(=O)c1cc(C(F)(F)F)ccc1F)C(=O)N1CCC2(CC1)C(=O)N(C)CC2c1ccc(F)cc1. The zero-order valence-electron chi connectivity index (χ0n) is 21.8. The molecule has 6 nitrogen and oxygen atoms in total. The average molecular weight is 552 g/mol. The van der Waals surface area contributed by atoms with Gasteiger partial charge >= 0.3 is 6.18 Å².